The van der Waals surface area contributed by atoms with Crippen molar-refractivity contribution < 1.29 is 17.9 Å². The Labute approximate surface area is 158 Å². The van der Waals surface area contributed by atoms with Crippen molar-refractivity contribution in [1.29, 1.82) is 0 Å². The Bertz CT molecular complexity index is 795. The number of hydrogen-bond donors (Lipinski definition) is 1. The molecule has 0 spiro atoms. The van der Waals surface area contributed by atoms with Gasteiger partial charge in [-0.1, -0.05) is 6.07 Å². The first-order valence-corrected chi connectivity index (χ1v) is 9.12. The largest absolute Gasteiger partial charge is 0.484 e. The van der Waals surface area contributed by atoms with Crippen LogP contribution in [0.1, 0.15) is 28.7 Å². The summed E-state index contributed by atoms with van der Waals surface area (Å²) in [7, 11) is 1.93. The van der Waals surface area contributed by atoms with Crippen LogP contribution >= 0.6 is 0 Å². The lowest BCUT2D eigenvalue weighted by molar-refractivity contribution is -0.153. The van der Waals surface area contributed by atoms with Gasteiger partial charge in [0.05, 0.1) is 0 Å². The van der Waals surface area contributed by atoms with Crippen molar-refractivity contribution in [2.75, 3.05) is 30.4 Å². The van der Waals surface area contributed by atoms with Crippen LogP contribution in [0.25, 0.3) is 0 Å². The van der Waals surface area contributed by atoms with Crippen molar-refractivity contribution >= 4 is 11.4 Å². The van der Waals surface area contributed by atoms with Crippen molar-refractivity contribution in [2.45, 2.75) is 39.4 Å². The van der Waals surface area contributed by atoms with E-state index in [1.54, 1.807) is 12.1 Å². The predicted molar refractivity (Wildman–Crippen MR) is 103 cm³/mol. The van der Waals surface area contributed by atoms with E-state index in [0.717, 1.165) is 42.7 Å². The van der Waals surface area contributed by atoms with Gasteiger partial charge < -0.3 is 15.0 Å². The first-order valence-electron chi connectivity index (χ1n) is 9.12. The molecule has 0 saturated carbocycles. The Hall–Kier alpha value is -2.37. The lowest BCUT2D eigenvalue weighted by Gasteiger charge is -2.25. The summed E-state index contributed by atoms with van der Waals surface area (Å²) in [4.78, 5) is 2.33. The third-order valence-electron chi connectivity index (χ3n) is 4.95. The second kappa shape index (κ2) is 7.71. The van der Waals surface area contributed by atoms with Gasteiger partial charge in [-0.15, -0.1) is 0 Å². The molecule has 0 radical (unpaired) electrons. The second-order valence-electron chi connectivity index (χ2n) is 7.06. The molecule has 2 aromatic carbocycles. The maximum absolute atomic E-state index is 12.4. The Kier molecular flexibility index (Phi) is 5.53. The fourth-order valence-corrected chi connectivity index (χ4v) is 3.73. The summed E-state index contributed by atoms with van der Waals surface area (Å²) in [6.45, 7) is 4.59. The first-order chi connectivity index (χ1) is 12.8. The molecule has 1 aliphatic rings. The third kappa shape index (κ3) is 4.67. The van der Waals surface area contributed by atoms with E-state index in [1.807, 2.05) is 13.1 Å². The number of ether oxygens (including phenoxy) is 1. The molecule has 0 unspecified atom stereocenters. The van der Waals surface area contributed by atoms with Crippen LogP contribution in [0.4, 0.5) is 24.5 Å². The highest BCUT2D eigenvalue weighted by Gasteiger charge is 2.28. The molecular formula is C21H25F3N2O. The minimum absolute atomic E-state index is 0.282. The van der Waals surface area contributed by atoms with Crippen molar-refractivity contribution in [1.82, 2.24) is 0 Å². The van der Waals surface area contributed by atoms with Gasteiger partial charge in [-0.25, -0.2) is 0 Å². The van der Waals surface area contributed by atoms with Crippen LogP contribution in [0.15, 0.2) is 30.3 Å². The molecule has 1 aliphatic heterocycles. The molecule has 0 fully saturated rings. The zero-order valence-corrected chi connectivity index (χ0v) is 15.9. The number of fused-ring (bicyclic) bond motifs is 1. The molecule has 0 atom stereocenters. The molecule has 3 nitrogen and oxygen atoms in total. The van der Waals surface area contributed by atoms with Crippen LogP contribution < -0.4 is 15.0 Å². The van der Waals surface area contributed by atoms with Crippen LogP contribution in [-0.4, -0.2) is 26.4 Å². The number of benzene rings is 2. The molecule has 27 heavy (non-hydrogen) atoms. The molecule has 146 valence electrons. The number of halogens is 3. The highest BCUT2D eigenvalue weighted by molar-refractivity contribution is 5.65. The number of aryl methyl sites for hydroxylation is 3. The van der Waals surface area contributed by atoms with Crippen LogP contribution in [0.2, 0.25) is 0 Å². The van der Waals surface area contributed by atoms with Gasteiger partial charge in [0.25, 0.3) is 0 Å². The fourth-order valence-electron chi connectivity index (χ4n) is 3.73. The Morgan fingerprint density at radius 3 is 2.41 bits per heavy atom. The molecule has 0 amide bonds. The van der Waals surface area contributed by atoms with E-state index in [4.69, 9.17) is 4.74 Å². The van der Waals surface area contributed by atoms with E-state index in [0.29, 0.717) is 0 Å². The number of anilines is 2. The number of hydrogen-bond acceptors (Lipinski definition) is 3. The number of alkyl halides is 3. The van der Waals surface area contributed by atoms with Crippen LogP contribution in [0, 0.1) is 13.8 Å². The number of nitrogens with one attached hydrogen (secondary N) is 1. The highest BCUT2D eigenvalue weighted by Crippen LogP contribution is 2.31. The molecule has 0 aliphatic carbocycles. The van der Waals surface area contributed by atoms with Gasteiger partial charge >= 0.3 is 6.18 Å². The molecule has 0 aromatic heterocycles. The smallest absolute Gasteiger partial charge is 0.422 e. The molecule has 1 heterocycles. The van der Waals surface area contributed by atoms with Gasteiger partial charge in [0.2, 0.25) is 0 Å². The summed E-state index contributed by atoms with van der Waals surface area (Å²) in [6.07, 6.45) is -2.54. The zero-order chi connectivity index (χ0) is 19.6. The summed E-state index contributed by atoms with van der Waals surface area (Å²) in [5.41, 5.74) is 6.94. The molecule has 0 saturated heterocycles. The molecule has 1 N–H and O–H groups in total. The average Bonchev–Trinajstić information content (AvgIpc) is 2.81. The van der Waals surface area contributed by atoms with Crippen LogP contribution in [-0.2, 0) is 13.0 Å². The maximum Gasteiger partial charge on any atom is 0.422 e. The van der Waals surface area contributed by atoms with E-state index in [-0.39, 0.29) is 5.75 Å². The summed E-state index contributed by atoms with van der Waals surface area (Å²) < 4.78 is 42.0. The summed E-state index contributed by atoms with van der Waals surface area (Å²) in [5, 5.41) is 3.24. The van der Waals surface area contributed by atoms with Gasteiger partial charge in [0, 0.05) is 31.5 Å². The van der Waals surface area contributed by atoms with E-state index in [2.05, 4.69) is 36.2 Å². The van der Waals surface area contributed by atoms with Gasteiger partial charge in [-0.3, -0.25) is 0 Å². The average molecular weight is 378 g/mol. The summed E-state index contributed by atoms with van der Waals surface area (Å²) in [5.74, 6) is 0.282. The van der Waals surface area contributed by atoms with Gasteiger partial charge in [-0.05, 0) is 73.2 Å². The Morgan fingerprint density at radius 2 is 1.78 bits per heavy atom. The first kappa shape index (κ1) is 19.4. The van der Waals surface area contributed by atoms with Crippen LogP contribution in [0.5, 0.6) is 5.75 Å². The lowest BCUT2D eigenvalue weighted by Crippen LogP contribution is -2.23. The summed E-state index contributed by atoms with van der Waals surface area (Å²) >= 11 is 0. The Morgan fingerprint density at radius 1 is 1.07 bits per heavy atom. The standard InChI is InChI=1S/C21H25F3N2O/c1-14-9-18(10-15(2)20(14)25-3)26-8-4-5-16-11-19(7-6-17(16)12-26)27-13-21(22,23)24/h6-7,9-11,25H,4-5,8,12-13H2,1-3H3. The molecule has 0 bridgehead atoms. The topological polar surface area (TPSA) is 24.5 Å². The number of nitrogens with zero attached hydrogens (tertiary/aromatic N) is 1. The zero-order valence-electron chi connectivity index (χ0n) is 15.9. The van der Waals surface area contributed by atoms with Gasteiger partial charge in [0.1, 0.15) is 5.75 Å². The normalized spacial score (nSPS) is 14.5. The highest BCUT2D eigenvalue weighted by atomic mass is 19.4. The van der Waals surface area contributed by atoms with Crippen molar-refractivity contribution in [2.24, 2.45) is 0 Å². The van der Waals surface area contributed by atoms with E-state index >= 15 is 0 Å². The number of rotatable bonds is 4. The third-order valence-corrected chi connectivity index (χ3v) is 4.95. The SMILES string of the molecule is CNc1c(C)cc(N2CCCc3cc(OCC(F)(F)F)ccc3C2)cc1C. The molecule has 6 heteroatoms. The van der Waals surface area contributed by atoms with Crippen molar-refractivity contribution in [3.05, 3.63) is 52.6 Å². The van der Waals surface area contributed by atoms with Crippen LogP contribution in [0.3, 0.4) is 0 Å². The fraction of sp³-hybridized carbons (Fsp3) is 0.429. The van der Waals surface area contributed by atoms with E-state index < -0.39 is 12.8 Å². The molecule has 3 rings (SSSR count). The van der Waals surface area contributed by atoms with Crippen molar-refractivity contribution in [3.8, 4) is 5.75 Å². The summed E-state index contributed by atoms with van der Waals surface area (Å²) in [6, 6.07) is 9.65. The minimum atomic E-state index is -4.32. The van der Waals surface area contributed by atoms with Gasteiger partial charge in [0.15, 0.2) is 6.61 Å². The Balaban J connectivity index is 1.80. The van der Waals surface area contributed by atoms with E-state index in [9.17, 15) is 13.2 Å². The monoisotopic (exact) mass is 378 g/mol. The predicted octanol–water partition coefficient (Wildman–Crippen LogP) is 5.24. The maximum atomic E-state index is 12.4. The van der Waals surface area contributed by atoms with Gasteiger partial charge in [-0.2, -0.15) is 13.2 Å². The van der Waals surface area contributed by atoms with Crippen molar-refractivity contribution in [3.63, 3.8) is 0 Å². The molecular weight excluding hydrogens is 353 g/mol. The molecule has 2 aromatic rings. The minimum Gasteiger partial charge on any atom is -0.484 e. The quantitative estimate of drug-likeness (QED) is 0.788. The lowest BCUT2D eigenvalue weighted by atomic mass is 10.0. The second-order valence-corrected chi connectivity index (χ2v) is 7.06. The van der Waals surface area contributed by atoms with E-state index in [1.165, 1.54) is 16.8 Å².